The summed E-state index contributed by atoms with van der Waals surface area (Å²) in [4.78, 5) is 0. The van der Waals surface area contributed by atoms with Crippen molar-refractivity contribution in [3.05, 3.63) is 61.4 Å². The molecule has 0 nitrogen and oxygen atoms in total. The number of halogens is 2. The van der Waals surface area contributed by atoms with Crippen LogP contribution in [0.3, 0.4) is 0 Å². The second-order valence-corrected chi connectivity index (χ2v) is 6.80. The van der Waals surface area contributed by atoms with Crippen LogP contribution in [0.1, 0.15) is 55.4 Å². The maximum atomic E-state index is 3.40. The van der Waals surface area contributed by atoms with E-state index in [1.165, 1.54) is 34.4 Å². The zero-order valence-corrected chi connectivity index (χ0v) is 24.9. The van der Waals surface area contributed by atoms with E-state index in [-0.39, 0.29) is 39.7 Å². The summed E-state index contributed by atoms with van der Waals surface area (Å²) in [6, 6.07) is 0. The van der Waals surface area contributed by atoms with E-state index in [1.807, 2.05) is 0 Å². The van der Waals surface area contributed by atoms with Crippen molar-refractivity contribution in [2.45, 2.75) is 55.4 Å². The summed E-state index contributed by atoms with van der Waals surface area (Å²) in [5, 5.41) is 0. The van der Waals surface area contributed by atoms with Crippen LogP contribution in [0.4, 0.5) is 0 Å². The van der Waals surface area contributed by atoms with Gasteiger partial charge in [-0.3, -0.25) is 12.2 Å². The second-order valence-electron chi connectivity index (χ2n) is 6.80. The van der Waals surface area contributed by atoms with Gasteiger partial charge < -0.3 is 14.9 Å². The van der Waals surface area contributed by atoms with E-state index in [1.54, 1.807) is 21.6 Å². The van der Waals surface area contributed by atoms with Crippen LogP contribution < -0.4 is 0 Å². The van der Waals surface area contributed by atoms with Gasteiger partial charge in [0, 0.05) is 0 Å². The van der Waals surface area contributed by atoms with Gasteiger partial charge in [-0.05, 0) is 0 Å². The van der Waals surface area contributed by atoms with Gasteiger partial charge in [-0.25, -0.2) is 16.7 Å². The van der Waals surface area contributed by atoms with Crippen LogP contribution in [0.15, 0.2) is 34.4 Å². The van der Waals surface area contributed by atoms with Crippen molar-refractivity contribution in [2.24, 2.45) is 17.3 Å². The molecule has 0 bridgehead atoms. The summed E-state index contributed by atoms with van der Waals surface area (Å²) in [5.41, 5.74) is 5.80. The van der Waals surface area contributed by atoms with Gasteiger partial charge in [0.2, 0.25) is 0 Å². The Labute approximate surface area is 191 Å². The third-order valence-electron chi connectivity index (χ3n) is 3.61. The Kier molecular flexibility index (Phi) is 25.2. The molecule has 0 aromatic carbocycles. The molecule has 2 aliphatic rings. The first kappa shape index (κ1) is 36.8. The van der Waals surface area contributed by atoms with E-state index < -0.39 is 0 Å². The first-order valence-corrected chi connectivity index (χ1v) is 18.1. The molecule has 0 radical (unpaired) electrons. The summed E-state index contributed by atoms with van der Waals surface area (Å²) < 4.78 is 0. The van der Waals surface area contributed by atoms with Crippen molar-refractivity contribution >= 4 is 37.0 Å². The van der Waals surface area contributed by atoms with E-state index in [0.717, 1.165) is 0 Å². The zero-order chi connectivity index (χ0) is 16.8. The van der Waals surface area contributed by atoms with Crippen molar-refractivity contribution in [2.75, 3.05) is 0 Å². The molecule has 0 saturated heterocycles. The summed E-state index contributed by atoms with van der Waals surface area (Å²) in [5.74, 6) is 1.07. The summed E-state index contributed by atoms with van der Waals surface area (Å²) in [6.45, 7) is 17.5. The SMILES string of the molecule is CC1=[C-]C(C)C=C1C.CC1=[C-]C(C)C=C1C(C)(C)C.Cl.Cl.[CH3-].[CH3-].[GeH2]=[Zr]. The van der Waals surface area contributed by atoms with Gasteiger partial charge in [0.05, 0.1) is 0 Å². The predicted molar refractivity (Wildman–Crippen MR) is 120 cm³/mol. The van der Waals surface area contributed by atoms with Gasteiger partial charge in [0.1, 0.15) is 0 Å². The Morgan fingerprint density at radius 1 is 0.840 bits per heavy atom. The Bertz CT molecular complexity index is 465. The van der Waals surface area contributed by atoms with Crippen LogP contribution in [0.2, 0.25) is 0 Å². The van der Waals surface area contributed by atoms with E-state index in [0.29, 0.717) is 17.3 Å². The first-order chi connectivity index (χ1) is 9.61. The van der Waals surface area contributed by atoms with Crippen molar-refractivity contribution in [1.82, 2.24) is 0 Å². The first-order valence-electron chi connectivity index (χ1n) is 7.58. The molecule has 2 atom stereocenters. The van der Waals surface area contributed by atoms with Crippen molar-refractivity contribution in [3.63, 3.8) is 0 Å². The van der Waals surface area contributed by atoms with Gasteiger partial charge >= 0.3 is 33.7 Å². The molecule has 148 valence electrons. The van der Waals surface area contributed by atoms with Gasteiger partial charge in [0.25, 0.3) is 0 Å². The molecule has 0 aromatic rings. The molecular formula is C21H38Cl2GeZr-4. The Balaban J connectivity index is -0.0000000867. The van der Waals surface area contributed by atoms with E-state index in [2.05, 4.69) is 79.7 Å². The topological polar surface area (TPSA) is 0 Å². The molecule has 0 heterocycles. The zero-order valence-electron chi connectivity index (χ0n) is 17.8. The number of allylic oxidation sites excluding steroid dienone is 8. The molecule has 0 aromatic heterocycles. The van der Waals surface area contributed by atoms with Crippen LogP contribution in [0.25, 0.3) is 0 Å². The molecule has 0 saturated carbocycles. The van der Waals surface area contributed by atoms with E-state index in [4.69, 9.17) is 0 Å². The van der Waals surface area contributed by atoms with Crippen LogP contribution in [-0.2, 0) is 21.6 Å². The van der Waals surface area contributed by atoms with E-state index in [9.17, 15) is 0 Å². The third-order valence-corrected chi connectivity index (χ3v) is 3.61. The monoisotopic (exact) mass is 524 g/mol. The van der Waals surface area contributed by atoms with Crippen molar-refractivity contribution in [3.8, 4) is 0 Å². The molecule has 2 unspecified atom stereocenters. The predicted octanol–water partition coefficient (Wildman–Crippen LogP) is 6.52. The fraction of sp³-hybridized carbons (Fsp3) is 0.524. The standard InChI is InChI=1S/C11H17.C8H11.2CH3.2ClH.GeH2.Zr/c1-8-6-9(2)10(7-8)11(3,4)5;1-6-4-7(2)8(3)5-6;;;;;;/h7-8H,1-5H3;4,6H,1-3H3;2*1H3;2*1H;1H2;/q4*-1;;;;. The molecule has 2 rings (SSSR count). The Morgan fingerprint density at radius 2 is 1.20 bits per heavy atom. The minimum atomic E-state index is 0. The Morgan fingerprint density at radius 3 is 1.32 bits per heavy atom. The molecule has 4 heteroatoms. The quantitative estimate of drug-likeness (QED) is 0.250. The number of hydrogen-bond donors (Lipinski definition) is 0. The number of rotatable bonds is 0. The molecule has 0 fully saturated rings. The number of hydrogen-bond acceptors (Lipinski definition) is 0. The summed E-state index contributed by atoms with van der Waals surface area (Å²) in [6.07, 6.45) is 11.2. The maximum absolute atomic E-state index is 3.40. The van der Waals surface area contributed by atoms with Gasteiger partial charge in [-0.1, -0.05) is 65.7 Å². The molecule has 0 N–H and O–H groups in total. The molecule has 0 aliphatic heterocycles. The molecule has 2 aliphatic carbocycles. The van der Waals surface area contributed by atoms with E-state index >= 15 is 0 Å². The molecule has 0 spiro atoms. The molecule has 0 amide bonds. The third kappa shape index (κ3) is 13.7. The molecular weight excluding hydrogens is 487 g/mol. The second kappa shape index (κ2) is 17.1. The van der Waals surface area contributed by atoms with Crippen molar-refractivity contribution < 1.29 is 21.6 Å². The average Bonchev–Trinajstić information content (AvgIpc) is 2.84. The van der Waals surface area contributed by atoms with Crippen LogP contribution >= 0.6 is 24.8 Å². The van der Waals surface area contributed by atoms with Crippen molar-refractivity contribution in [1.29, 1.82) is 0 Å². The van der Waals surface area contributed by atoms with Gasteiger partial charge in [-0.15, -0.1) is 31.7 Å². The van der Waals surface area contributed by atoms with Gasteiger partial charge in [0.15, 0.2) is 0 Å². The fourth-order valence-corrected chi connectivity index (χ4v) is 2.65. The van der Waals surface area contributed by atoms with Gasteiger partial charge in [-0.2, -0.15) is 17.7 Å². The molecule has 25 heavy (non-hydrogen) atoms. The van der Waals surface area contributed by atoms with Crippen LogP contribution in [0, 0.1) is 44.3 Å². The minimum absolute atomic E-state index is 0. The normalized spacial score (nSPS) is 20.0. The van der Waals surface area contributed by atoms with Crippen LogP contribution in [0.5, 0.6) is 0 Å². The van der Waals surface area contributed by atoms with Crippen LogP contribution in [-0.4, -0.2) is 12.1 Å². The average molecular weight is 525 g/mol. The summed E-state index contributed by atoms with van der Waals surface area (Å²) in [7, 11) is 0. The Hall–Kier alpha value is 0.966. The fourth-order valence-electron chi connectivity index (χ4n) is 2.65. The summed E-state index contributed by atoms with van der Waals surface area (Å²) >= 11 is 3.14.